The maximum Gasteiger partial charge on any atom is 0.0347 e. The molecular formula is C11H24N2. The monoisotopic (exact) mass is 184 g/mol. The van der Waals surface area contributed by atoms with Crippen molar-refractivity contribution < 1.29 is 0 Å². The van der Waals surface area contributed by atoms with E-state index in [2.05, 4.69) is 44.5 Å². The highest BCUT2D eigenvalue weighted by molar-refractivity contribution is 4.93. The molecule has 0 radical (unpaired) electrons. The van der Waals surface area contributed by atoms with Crippen LogP contribution in [0.15, 0.2) is 0 Å². The Morgan fingerprint density at radius 3 is 2.23 bits per heavy atom. The zero-order valence-corrected chi connectivity index (χ0v) is 9.80. The molecule has 1 fully saturated rings. The molecule has 1 saturated heterocycles. The summed E-state index contributed by atoms with van der Waals surface area (Å²) in [4.78, 5) is 5.03. The second-order valence-corrected chi connectivity index (χ2v) is 5.21. The molecule has 1 aliphatic rings. The molecule has 1 aliphatic heterocycles. The SMILES string of the molecule is CCCN(C)C1CN(C(C)(C)C)C1. The van der Waals surface area contributed by atoms with Gasteiger partial charge in [0.2, 0.25) is 0 Å². The maximum absolute atomic E-state index is 2.55. The molecule has 2 heteroatoms. The summed E-state index contributed by atoms with van der Waals surface area (Å²) in [5.41, 5.74) is 0.365. The van der Waals surface area contributed by atoms with Gasteiger partial charge in [0.25, 0.3) is 0 Å². The number of rotatable bonds is 3. The summed E-state index contributed by atoms with van der Waals surface area (Å²) in [6.07, 6.45) is 1.27. The molecule has 1 rings (SSSR count). The van der Waals surface area contributed by atoms with Crippen LogP contribution >= 0.6 is 0 Å². The molecule has 0 amide bonds. The van der Waals surface area contributed by atoms with Gasteiger partial charge in [-0.05, 0) is 40.8 Å². The molecule has 0 aromatic heterocycles. The molecule has 2 nitrogen and oxygen atoms in total. The van der Waals surface area contributed by atoms with Gasteiger partial charge < -0.3 is 4.90 Å². The Morgan fingerprint density at radius 1 is 1.31 bits per heavy atom. The molecule has 1 heterocycles. The average molecular weight is 184 g/mol. The van der Waals surface area contributed by atoms with E-state index in [0.29, 0.717) is 5.54 Å². The van der Waals surface area contributed by atoms with Crippen LogP contribution < -0.4 is 0 Å². The first kappa shape index (κ1) is 11.0. The van der Waals surface area contributed by atoms with Crippen LogP contribution in [-0.2, 0) is 0 Å². The molecule has 0 aliphatic carbocycles. The number of hydrogen-bond acceptors (Lipinski definition) is 2. The van der Waals surface area contributed by atoms with Gasteiger partial charge in [0.05, 0.1) is 0 Å². The topological polar surface area (TPSA) is 6.48 Å². The van der Waals surface area contributed by atoms with E-state index in [0.717, 1.165) is 6.04 Å². The molecule has 0 bridgehead atoms. The molecule has 78 valence electrons. The number of hydrogen-bond donors (Lipinski definition) is 0. The second-order valence-electron chi connectivity index (χ2n) is 5.21. The predicted octanol–water partition coefficient (Wildman–Crippen LogP) is 1.81. The summed E-state index contributed by atoms with van der Waals surface area (Å²) in [6, 6.07) is 0.805. The van der Waals surface area contributed by atoms with E-state index in [1.165, 1.54) is 26.1 Å². The largest absolute Gasteiger partial charge is 0.301 e. The Hall–Kier alpha value is -0.0800. The molecule has 0 N–H and O–H groups in total. The smallest absolute Gasteiger partial charge is 0.0347 e. The molecule has 0 unspecified atom stereocenters. The van der Waals surface area contributed by atoms with Crippen LogP contribution in [0, 0.1) is 0 Å². The summed E-state index contributed by atoms with van der Waals surface area (Å²) >= 11 is 0. The molecule has 0 atom stereocenters. The zero-order valence-electron chi connectivity index (χ0n) is 9.80. The molecule has 0 aromatic rings. The van der Waals surface area contributed by atoms with E-state index in [1.807, 2.05) is 0 Å². The lowest BCUT2D eigenvalue weighted by atomic mass is 9.97. The first-order valence-electron chi connectivity index (χ1n) is 5.40. The Balaban J connectivity index is 2.25. The summed E-state index contributed by atoms with van der Waals surface area (Å²) in [5.74, 6) is 0. The lowest BCUT2D eigenvalue weighted by Gasteiger charge is -2.50. The van der Waals surface area contributed by atoms with Gasteiger partial charge in [0, 0.05) is 24.7 Å². The Kier molecular flexibility index (Phi) is 3.36. The van der Waals surface area contributed by atoms with Crippen molar-refractivity contribution in [3.63, 3.8) is 0 Å². The van der Waals surface area contributed by atoms with Crippen molar-refractivity contribution in [3.8, 4) is 0 Å². The van der Waals surface area contributed by atoms with Crippen molar-refractivity contribution in [1.82, 2.24) is 9.80 Å². The zero-order chi connectivity index (χ0) is 10.1. The van der Waals surface area contributed by atoms with Crippen LogP contribution in [0.1, 0.15) is 34.1 Å². The Bertz CT molecular complexity index is 154. The van der Waals surface area contributed by atoms with E-state index >= 15 is 0 Å². The van der Waals surface area contributed by atoms with Gasteiger partial charge in [-0.3, -0.25) is 4.90 Å². The Morgan fingerprint density at radius 2 is 1.85 bits per heavy atom. The van der Waals surface area contributed by atoms with E-state index in [4.69, 9.17) is 0 Å². The third-order valence-corrected chi connectivity index (χ3v) is 3.01. The quantitative estimate of drug-likeness (QED) is 0.660. The van der Waals surface area contributed by atoms with Gasteiger partial charge in [0.1, 0.15) is 0 Å². The van der Waals surface area contributed by atoms with Crippen LogP contribution in [0.2, 0.25) is 0 Å². The van der Waals surface area contributed by atoms with E-state index in [-0.39, 0.29) is 0 Å². The standard InChI is InChI=1S/C11H24N2/c1-6-7-12(5)10-8-13(9-10)11(2,3)4/h10H,6-9H2,1-5H3. The number of nitrogens with zero attached hydrogens (tertiary/aromatic N) is 2. The fourth-order valence-electron chi connectivity index (χ4n) is 1.82. The maximum atomic E-state index is 2.55. The summed E-state index contributed by atoms with van der Waals surface area (Å²) in [6.45, 7) is 12.9. The molecule has 0 aromatic carbocycles. The van der Waals surface area contributed by atoms with Gasteiger partial charge in [-0.25, -0.2) is 0 Å². The first-order valence-corrected chi connectivity index (χ1v) is 5.40. The van der Waals surface area contributed by atoms with Gasteiger partial charge in [-0.1, -0.05) is 6.92 Å². The molecular weight excluding hydrogens is 160 g/mol. The molecule has 0 spiro atoms. The average Bonchev–Trinajstić information content (AvgIpc) is 1.79. The lowest BCUT2D eigenvalue weighted by Crippen LogP contribution is -2.63. The van der Waals surface area contributed by atoms with Crippen LogP contribution in [-0.4, -0.2) is 48.1 Å². The highest BCUT2D eigenvalue weighted by Gasteiger charge is 2.35. The molecule has 0 saturated carbocycles. The normalized spacial score (nSPS) is 20.8. The second kappa shape index (κ2) is 3.97. The van der Waals surface area contributed by atoms with Gasteiger partial charge in [-0.2, -0.15) is 0 Å². The molecule has 13 heavy (non-hydrogen) atoms. The third-order valence-electron chi connectivity index (χ3n) is 3.01. The third kappa shape index (κ3) is 2.68. The van der Waals surface area contributed by atoms with Crippen LogP contribution in [0.25, 0.3) is 0 Å². The highest BCUT2D eigenvalue weighted by atomic mass is 15.3. The lowest BCUT2D eigenvalue weighted by molar-refractivity contribution is -0.0125. The summed E-state index contributed by atoms with van der Waals surface area (Å²) in [7, 11) is 2.24. The van der Waals surface area contributed by atoms with Crippen molar-refractivity contribution in [2.45, 2.75) is 45.7 Å². The highest BCUT2D eigenvalue weighted by Crippen LogP contribution is 2.23. The minimum Gasteiger partial charge on any atom is -0.301 e. The van der Waals surface area contributed by atoms with Crippen molar-refractivity contribution in [2.75, 3.05) is 26.7 Å². The van der Waals surface area contributed by atoms with Gasteiger partial charge >= 0.3 is 0 Å². The predicted molar refractivity (Wildman–Crippen MR) is 58.0 cm³/mol. The van der Waals surface area contributed by atoms with Crippen molar-refractivity contribution in [2.24, 2.45) is 0 Å². The minimum absolute atomic E-state index is 0.365. The van der Waals surface area contributed by atoms with E-state index < -0.39 is 0 Å². The van der Waals surface area contributed by atoms with Gasteiger partial charge in [-0.15, -0.1) is 0 Å². The van der Waals surface area contributed by atoms with Gasteiger partial charge in [0.15, 0.2) is 0 Å². The van der Waals surface area contributed by atoms with Crippen molar-refractivity contribution in [1.29, 1.82) is 0 Å². The van der Waals surface area contributed by atoms with Crippen LogP contribution in [0.3, 0.4) is 0 Å². The van der Waals surface area contributed by atoms with Crippen LogP contribution in [0.5, 0.6) is 0 Å². The Labute approximate surface area is 82.9 Å². The minimum atomic E-state index is 0.365. The fourth-order valence-corrected chi connectivity index (χ4v) is 1.82. The van der Waals surface area contributed by atoms with Crippen molar-refractivity contribution >= 4 is 0 Å². The fraction of sp³-hybridized carbons (Fsp3) is 1.00. The number of likely N-dealkylation sites (tertiary alicyclic amines) is 1. The summed E-state index contributed by atoms with van der Waals surface area (Å²) < 4.78 is 0. The van der Waals surface area contributed by atoms with E-state index in [9.17, 15) is 0 Å². The summed E-state index contributed by atoms with van der Waals surface area (Å²) in [5, 5.41) is 0. The van der Waals surface area contributed by atoms with E-state index in [1.54, 1.807) is 0 Å². The number of likely N-dealkylation sites (N-methyl/N-ethyl adjacent to an activating group) is 1. The van der Waals surface area contributed by atoms with Crippen molar-refractivity contribution in [3.05, 3.63) is 0 Å². The first-order chi connectivity index (χ1) is 5.95. The van der Waals surface area contributed by atoms with Crippen LogP contribution in [0.4, 0.5) is 0 Å².